The van der Waals surface area contributed by atoms with Crippen LogP contribution in [0.25, 0.3) is 0 Å². The lowest BCUT2D eigenvalue weighted by Crippen LogP contribution is -2.10. The molecule has 1 unspecified atom stereocenters. The van der Waals surface area contributed by atoms with Gasteiger partial charge in [-0.2, -0.15) is 8.78 Å². The maximum atomic E-state index is 12.0. The zero-order valence-corrected chi connectivity index (χ0v) is 10.7. The molecule has 2 nitrogen and oxygen atoms in total. The normalized spacial score (nSPS) is 12.7. The summed E-state index contributed by atoms with van der Waals surface area (Å²) in [6.45, 7) is -2.82. The van der Waals surface area contributed by atoms with Crippen LogP contribution in [0.15, 0.2) is 36.4 Å². The number of rotatable bonds is 4. The smallest absolute Gasteiger partial charge is 0.387 e. The SMILES string of the molecule is NC(c1ccc(OC(F)F)cc1)c1ccc(Cl)s1. The first-order valence-electron chi connectivity index (χ1n) is 5.12. The first kappa shape index (κ1) is 13.3. The Hall–Kier alpha value is -1.17. The zero-order chi connectivity index (χ0) is 13.1. The van der Waals surface area contributed by atoms with E-state index in [0.29, 0.717) is 4.34 Å². The molecular weight excluding hydrogens is 280 g/mol. The number of benzene rings is 1. The number of halogens is 3. The minimum Gasteiger partial charge on any atom is -0.435 e. The van der Waals surface area contributed by atoms with Crippen molar-refractivity contribution in [3.8, 4) is 5.75 Å². The molecule has 1 aromatic heterocycles. The van der Waals surface area contributed by atoms with E-state index in [4.69, 9.17) is 17.3 Å². The Morgan fingerprint density at radius 3 is 2.28 bits per heavy atom. The molecule has 18 heavy (non-hydrogen) atoms. The van der Waals surface area contributed by atoms with E-state index in [0.717, 1.165) is 10.4 Å². The number of hydrogen-bond donors (Lipinski definition) is 1. The highest BCUT2D eigenvalue weighted by Gasteiger charge is 2.12. The maximum absolute atomic E-state index is 12.0. The summed E-state index contributed by atoms with van der Waals surface area (Å²) in [6, 6.07) is 9.57. The van der Waals surface area contributed by atoms with E-state index < -0.39 is 6.61 Å². The van der Waals surface area contributed by atoms with Crippen LogP contribution in [-0.4, -0.2) is 6.61 Å². The van der Waals surface area contributed by atoms with Gasteiger partial charge in [-0.1, -0.05) is 23.7 Å². The van der Waals surface area contributed by atoms with E-state index >= 15 is 0 Å². The predicted octanol–water partition coefficient (Wildman–Crippen LogP) is 4.05. The topological polar surface area (TPSA) is 35.2 Å². The maximum Gasteiger partial charge on any atom is 0.387 e. The van der Waals surface area contributed by atoms with Crippen LogP contribution in [0.5, 0.6) is 5.75 Å². The van der Waals surface area contributed by atoms with Crippen LogP contribution in [0.2, 0.25) is 4.34 Å². The van der Waals surface area contributed by atoms with Crippen LogP contribution in [0.4, 0.5) is 8.78 Å². The van der Waals surface area contributed by atoms with Crippen molar-refractivity contribution in [2.45, 2.75) is 12.7 Å². The molecule has 2 rings (SSSR count). The predicted molar refractivity (Wildman–Crippen MR) is 68.4 cm³/mol. The Labute approximate surface area is 112 Å². The van der Waals surface area contributed by atoms with Gasteiger partial charge in [-0.3, -0.25) is 0 Å². The molecule has 0 saturated carbocycles. The van der Waals surface area contributed by atoms with Crippen molar-refractivity contribution in [1.29, 1.82) is 0 Å². The summed E-state index contributed by atoms with van der Waals surface area (Å²) >= 11 is 7.23. The molecule has 0 radical (unpaired) electrons. The second kappa shape index (κ2) is 5.65. The molecule has 0 spiro atoms. The van der Waals surface area contributed by atoms with Gasteiger partial charge < -0.3 is 10.5 Å². The first-order valence-corrected chi connectivity index (χ1v) is 6.31. The minimum absolute atomic E-state index is 0.116. The summed E-state index contributed by atoms with van der Waals surface area (Å²) in [4.78, 5) is 0.919. The van der Waals surface area contributed by atoms with Crippen molar-refractivity contribution in [2.24, 2.45) is 5.73 Å². The van der Waals surface area contributed by atoms with Gasteiger partial charge in [0.15, 0.2) is 0 Å². The van der Waals surface area contributed by atoms with Crippen molar-refractivity contribution >= 4 is 22.9 Å². The molecule has 0 aliphatic heterocycles. The standard InChI is InChI=1S/C12H10ClF2NOS/c13-10-6-5-9(18-10)11(16)7-1-3-8(4-2-7)17-12(14)15/h1-6,11-12H,16H2. The monoisotopic (exact) mass is 289 g/mol. The van der Waals surface area contributed by atoms with Crippen LogP contribution in [0.3, 0.4) is 0 Å². The van der Waals surface area contributed by atoms with Gasteiger partial charge in [-0.05, 0) is 29.8 Å². The highest BCUT2D eigenvalue weighted by molar-refractivity contribution is 7.16. The van der Waals surface area contributed by atoms with Crippen LogP contribution in [-0.2, 0) is 0 Å². The summed E-state index contributed by atoms with van der Waals surface area (Å²) < 4.78 is 28.9. The van der Waals surface area contributed by atoms with Crippen molar-refractivity contribution in [3.05, 3.63) is 51.2 Å². The van der Waals surface area contributed by atoms with Crippen molar-refractivity contribution in [2.75, 3.05) is 0 Å². The molecule has 2 aromatic rings. The van der Waals surface area contributed by atoms with Crippen LogP contribution >= 0.6 is 22.9 Å². The van der Waals surface area contributed by atoms with E-state index in [1.54, 1.807) is 18.2 Å². The average Bonchev–Trinajstić information content (AvgIpc) is 2.75. The van der Waals surface area contributed by atoms with Crippen LogP contribution in [0.1, 0.15) is 16.5 Å². The average molecular weight is 290 g/mol. The molecule has 1 heterocycles. The first-order chi connectivity index (χ1) is 8.56. The number of nitrogens with two attached hydrogens (primary N) is 1. The van der Waals surface area contributed by atoms with E-state index in [-0.39, 0.29) is 11.8 Å². The largest absolute Gasteiger partial charge is 0.435 e. The molecule has 0 bridgehead atoms. The molecule has 6 heteroatoms. The van der Waals surface area contributed by atoms with Crippen molar-refractivity contribution in [3.63, 3.8) is 0 Å². The third-order valence-corrected chi connectivity index (χ3v) is 3.68. The molecule has 1 atom stereocenters. The highest BCUT2D eigenvalue weighted by atomic mass is 35.5. The molecule has 1 aromatic carbocycles. The zero-order valence-electron chi connectivity index (χ0n) is 9.15. The summed E-state index contributed by atoms with van der Waals surface area (Å²) in [7, 11) is 0. The molecule has 96 valence electrons. The van der Waals surface area contributed by atoms with E-state index in [1.807, 2.05) is 6.07 Å². The summed E-state index contributed by atoms with van der Waals surface area (Å²) in [5.41, 5.74) is 6.86. The molecule has 0 aliphatic rings. The Balaban J connectivity index is 2.14. The van der Waals surface area contributed by atoms with E-state index in [9.17, 15) is 8.78 Å². The third kappa shape index (κ3) is 3.19. The molecule has 0 amide bonds. The lowest BCUT2D eigenvalue weighted by Gasteiger charge is -2.11. The minimum atomic E-state index is -2.82. The molecule has 0 fully saturated rings. The molecular formula is C12H10ClF2NOS. The lowest BCUT2D eigenvalue weighted by molar-refractivity contribution is -0.0498. The number of thiophene rings is 1. The Morgan fingerprint density at radius 1 is 1.11 bits per heavy atom. The quantitative estimate of drug-likeness (QED) is 0.921. The van der Waals surface area contributed by atoms with E-state index in [2.05, 4.69) is 4.74 Å². The molecule has 2 N–H and O–H groups in total. The summed E-state index contributed by atoms with van der Waals surface area (Å²) in [5, 5.41) is 0. The van der Waals surface area contributed by atoms with E-state index in [1.165, 1.54) is 23.5 Å². The fourth-order valence-corrected chi connectivity index (χ4v) is 2.61. The van der Waals surface area contributed by atoms with Gasteiger partial charge in [0.2, 0.25) is 0 Å². The number of hydrogen-bond acceptors (Lipinski definition) is 3. The molecule has 0 saturated heterocycles. The highest BCUT2D eigenvalue weighted by Crippen LogP contribution is 2.30. The van der Waals surface area contributed by atoms with Gasteiger partial charge in [0.1, 0.15) is 5.75 Å². The second-order valence-corrected chi connectivity index (χ2v) is 5.31. The van der Waals surface area contributed by atoms with Gasteiger partial charge in [0, 0.05) is 4.88 Å². The van der Waals surface area contributed by atoms with Crippen molar-refractivity contribution < 1.29 is 13.5 Å². The second-order valence-electron chi connectivity index (χ2n) is 3.57. The lowest BCUT2D eigenvalue weighted by atomic mass is 10.1. The Kier molecular flexibility index (Phi) is 4.16. The van der Waals surface area contributed by atoms with Crippen LogP contribution in [0, 0.1) is 0 Å². The number of alkyl halides is 2. The van der Waals surface area contributed by atoms with Crippen LogP contribution < -0.4 is 10.5 Å². The van der Waals surface area contributed by atoms with Gasteiger partial charge in [-0.15, -0.1) is 11.3 Å². The summed E-state index contributed by atoms with van der Waals surface area (Å²) in [6.07, 6.45) is 0. The Bertz CT molecular complexity index is 515. The summed E-state index contributed by atoms with van der Waals surface area (Å²) in [5.74, 6) is 0.116. The fraction of sp³-hybridized carbons (Fsp3) is 0.167. The van der Waals surface area contributed by atoms with Crippen molar-refractivity contribution in [1.82, 2.24) is 0 Å². The Morgan fingerprint density at radius 2 is 1.78 bits per heavy atom. The number of ether oxygens (including phenoxy) is 1. The van der Waals surface area contributed by atoms with Gasteiger partial charge in [-0.25, -0.2) is 0 Å². The van der Waals surface area contributed by atoms with Gasteiger partial charge in [0.05, 0.1) is 10.4 Å². The third-order valence-electron chi connectivity index (χ3n) is 2.36. The van der Waals surface area contributed by atoms with Gasteiger partial charge >= 0.3 is 6.61 Å². The fourth-order valence-electron chi connectivity index (χ4n) is 1.52. The van der Waals surface area contributed by atoms with Gasteiger partial charge in [0.25, 0.3) is 0 Å². The molecule has 0 aliphatic carbocycles.